The number of halogens is 4. The van der Waals surface area contributed by atoms with Crippen LogP contribution in [-0.4, -0.2) is 14.8 Å². The van der Waals surface area contributed by atoms with Gasteiger partial charge in [-0.25, -0.2) is 4.68 Å². The summed E-state index contributed by atoms with van der Waals surface area (Å²) < 4.78 is 55.4. The normalized spacial score (nSPS) is 11.0. The number of anilines is 1. The highest BCUT2D eigenvalue weighted by atomic mass is 19.2. The molecule has 2 heterocycles. The number of benzene rings is 1. The van der Waals surface area contributed by atoms with Gasteiger partial charge < -0.3 is 5.32 Å². The van der Waals surface area contributed by atoms with E-state index in [0.717, 1.165) is 11.4 Å². The largest absolute Gasteiger partial charge is 0.376 e. The Morgan fingerprint density at radius 1 is 0.960 bits per heavy atom. The molecule has 1 N–H and O–H groups in total. The fraction of sp³-hybridized carbons (Fsp3) is 0.176. The Balaban J connectivity index is 1.92. The molecule has 0 bridgehead atoms. The first-order chi connectivity index (χ1) is 11.9. The number of hydrogen-bond donors (Lipinski definition) is 1. The molecular weight excluding hydrogens is 336 g/mol. The van der Waals surface area contributed by atoms with Crippen LogP contribution in [0.5, 0.6) is 0 Å². The van der Waals surface area contributed by atoms with Crippen LogP contribution in [0.1, 0.15) is 17.0 Å². The Morgan fingerprint density at radius 3 is 2.16 bits per heavy atom. The number of hydrogen-bond acceptors (Lipinski definition) is 3. The van der Waals surface area contributed by atoms with Gasteiger partial charge in [0.2, 0.25) is 11.6 Å². The van der Waals surface area contributed by atoms with Gasteiger partial charge in [-0.15, -0.1) is 0 Å². The standard InChI is InChI=1S/C17H14F4N4/c1-9-12(10(2)25(24-9)11-6-4-3-5-7-11)8-22-15-13(18)16(20)23-17(21)14(15)19/h3-7H,8H2,1-2H3,(H,22,23). The second kappa shape index (κ2) is 6.54. The van der Waals surface area contributed by atoms with E-state index in [1.807, 2.05) is 30.3 Å². The van der Waals surface area contributed by atoms with Crippen molar-refractivity contribution < 1.29 is 17.6 Å². The van der Waals surface area contributed by atoms with E-state index in [-0.39, 0.29) is 6.54 Å². The summed E-state index contributed by atoms with van der Waals surface area (Å²) in [6.07, 6.45) is 0. The summed E-state index contributed by atoms with van der Waals surface area (Å²) in [5.74, 6) is -6.53. The van der Waals surface area contributed by atoms with E-state index in [0.29, 0.717) is 11.3 Å². The van der Waals surface area contributed by atoms with E-state index < -0.39 is 29.2 Å². The fourth-order valence-corrected chi connectivity index (χ4v) is 2.57. The van der Waals surface area contributed by atoms with Crippen LogP contribution >= 0.6 is 0 Å². The third-order valence-corrected chi connectivity index (χ3v) is 3.88. The van der Waals surface area contributed by atoms with E-state index in [1.54, 1.807) is 18.5 Å². The predicted molar refractivity (Wildman–Crippen MR) is 84.4 cm³/mol. The minimum Gasteiger partial charge on any atom is -0.376 e. The van der Waals surface area contributed by atoms with Crippen molar-refractivity contribution in [2.45, 2.75) is 20.4 Å². The van der Waals surface area contributed by atoms with E-state index in [4.69, 9.17) is 0 Å². The van der Waals surface area contributed by atoms with Crippen LogP contribution in [0, 0.1) is 37.4 Å². The third kappa shape index (κ3) is 3.07. The van der Waals surface area contributed by atoms with Crippen molar-refractivity contribution in [3.8, 4) is 5.69 Å². The quantitative estimate of drug-likeness (QED) is 0.570. The molecule has 0 amide bonds. The molecule has 3 aromatic rings. The summed E-state index contributed by atoms with van der Waals surface area (Å²) in [6, 6.07) is 9.32. The molecular formula is C17H14F4N4. The van der Waals surface area contributed by atoms with Gasteiger partial charge in [-0.3, -0.25) is 0 Å². The van der Waals surface area contributed by atoms with Crippen LogP contribution in [0.2, 0.25) is 0 Å². The van der Waals surface area contributed by atoms with Crippen LogP contribution in [0.15, 0.2) is 30.3 Å². The summed E-state index contributed by atoms with van der Waals surface area (Å²) in [5.41, 5.74) is 1.97. The molecule has 0 fully saturated rings. The van der Waals surface area contributed by atoms with Crippen LogP contribution < -0.4 is 5.32 Å². The lowest BCUT2D eigenvalue weighted by Crippen LogP contribution is -2.10. The maximum Gasteiger partial charge on any atom is 0.253 e. The Morgan fingerprint density at radius 2 is 1.56 bits per heavy atom. The van der Waals surface area contributed by atoms with E-state index in [9.17, 15) is 17.6 Å². The molecule has 0 aliphatic carbocycles. The first-order valence-electron chi connectivity index (χ1n) is 7.44. The monoisotopic (exact) mass is 350 g/mol. The zero-order chi connectivity index (χ0) is 18.1. The maximum absolute atomic E-state index is 13.7. The average Bonchev–Trinajstić information content (AvgIpc) is 2.88. The molecule has 0 aliphatic rings. The molecule has 0 unspecified atom stereocenters. The Hall–Kier alpha value is -2.90. The van der Waals surface area contributed by atoms with Crippen LogP contribution in [-0.2, 0) is 6.54 Å². The molecule has 2 aromatic heterocycles. The number of nitrogens with zero attached hydrogens (tertiary/aromatic N) is 3. The molecule has 0 spiro atoms. The molecule has 8 heteroatoms. The van der Waals surface area contributed by atoms with Gasteiger partial charge in [0.25, 0.3) is 11.9 Å². The van der Waals surface area contributed by atoms with E-state index >= 15 is 0 Å². The first kappa shape index (κ1) is 16.9. The molecule has 3 rings (SSSR count). The zero-order valence-electron chi connectivity index (χ0n) is 13.4. The molecule has 0 aliphatic heterocycles. The van der Waals surface area contributed by atoms with Gasteiger partial charge in [0.15, 0.2) is 0 Å². The van der Waals surface area contributed by atoms with Gasteiger partial charge in [0.1, 0.15) is 5.69 Å². The zero-order valence-corrected chi connectivity index (χ0v) is 13.4. The molecule has 130 valence electrons. The summed E-state index contributed by atoms with van der Waals surface area (Å²) in [4.78, 5) is 2.53. The van der Waals surface area contributed by atoms with Gasteiger partial charge in [-0.05, 0) is 26.0 Å². The van der Waals surface area contributed by atoms with Gasteiger partial charge >= 0.3 is 0 Å². The molecule has 0 atom stereocenters. The highest BCUT2D eigenvalue weighted by Gasteiger charge is 2.21. The number of nitrogens with one attached hydrogen (secondary N) is 1. The van der Waals surface area contributed by atoms with Crippen LogP contribution in [0.25, 0.3) is 5.69 Å². The second-order valence-corrected chi connectivity index (χ2v) is 5.45. The molecule has 25 heavy (non-hydrogen) atoms. The van der Waals surface area contributed by atoms with Crippen molar-refractivity contribution in [2.75, 3.05) is 5.32 Å². The molecule has 0 radical (unpaired) electrons. The smallest absolute Gasteiger partial charge is 0.253 e. The molecule has 0 saturated heterocycles. The van der Waals surface area contributed by atoms with Crippen molar-refractivity contribution in [1.29, 1.82) is 0 Å². The van der Waals surface area contributed by atoms with Gasteiger partial charge in [0.05, 0.1) is 11.4 Å². The third-order valence-electron chi connectivity index (χ3n) is 3.88. The van der Waals surface area contributed by atoms with Gasteiger partial charge in [-0.1, -0.05) is 18.2 Å². The first-order valence-corrected chi connectivity index (χ1v) is 7.44. The second-order valence-electron chi connectivity index (χ2n) is 5.45. The topological polar surface area (TPSA) is 42.7 Å². The summed E-state index contributed by atoms with van der Waals surface area (Å²) in [7, 11) is 0. The Labute approximate surface area is 141 Å². The van der Waals surface area contributed by atoms with Crippen molar-refractivity contribution in [2.24, 2.45) is 0 Å². The Bertz CT molecular complexity index is 896. The summed E-state index contributed by atoms with van der Waals surface area (Å²) in [6.45, 7) is 3.48. The van der Waals surface area contributed by atoms with Crippen molar-refractivity contribution in [3.05, 3.63) is 70.8 Å². The number of aryl methyl sites for hydroxylation is 1. The summed E-state index contributed by atoms with van der Waals surface area (Å²) >= 11 is 0. The van der Waals surface area contributed by atoms with Gasteiger partial charge in [-0.2, -0.15) is 27.6 Å². The highest BCUT2D eigenvalue weighted by molar-refractivity contribution is 5.47. The number of pyridine rings is 1. The van der Waals surface area contributed by atoms with Crippen molar-refractivity contribution >= 4 is 5.69 Å². The lowest BCUT2D eigenvalue weighted by atomic mass is 10.2. The van der Waals surface area contributed by atoms with Gasteiger partial charge in [0, 0.05) is 17.8 Å². The van der Waals surface area contributed by atoms with E-state index in [2.05, 4.69) is 15.4 Å². The van der Waals surface area contributed by atoms with Crippen LogP contribution in [0.4, 0.5) is 23.2 Å². The Kier molecular flexibility index (Phi) is 4.43. The molecule has 1 aromatic carbocycles. The molecule has 0 saturated carbocycles. The lowest BCUT2D eigenvalue weighted by Gasteiger charge is -2.10. The highest BCUT2D eigenvalue weighted by Crippen LogP contribution is 2.24. The predicted octanol–water partition coefficient (Wildman–Crippen LogP) is 4.05. The average molecular weight is 350 g/mol. The SMILES string of the molecule is Cc1nn(-c2ccccc2)c(C)c1CNc1c(F)c(F)nc(F)c1F. The number of para-hydroxylation sites is 1. The minimum atomic E-state index is -1.70. The maximum atomic E-state index is 13.7. The minimum absolute atomic E-state index is 0.0543. The number of rotatable bonds is 4. The van der Waals surface area contributed by atoms with Crippen molar-refractivity contribution in [3.63, 3.8) is 0 Å². The lowest BCUT2D eigenvalue weighted by molar-refractivity contribution is 0.410. The fourth-order valence-electron chi connectivity index (χ4n) is 2.57. The van der Waals surface area contributed by atoms with Crippen molar-refractivity contribution in [1.82, 2.24) is 14.8 Å². The molecule has 4 nitrogen and oxygen atoms in total. The van der Waals surface area contributed by atoms with E-state index in [1.165, 1.54) is 0 Å². The summed E-state index contributed by atoms with van der Waals surface area (Å²) in [5, 5.41) is 6.80. The number of aromatic nitrogens is 3. The van der Waals surface area contributed by atoms with Crippen LogP contribution in [0.3, 0.4) is 0 Å².